The molecule has 0 saturated carbocycles. The van der Waals surface area contributed by atoms with Crippen molar-refractivity contribution >= 4 is 27.5 Å². The van der Waals surface area contributed by atoms with Crippen molar-refractivity contribution in [3.8, 4) is 5.75 Å². The Morgan fingerprint density at radius 2 is 1.79 bits per heavy atom. The molecule has 0 bridgehead atoms. The molecule has 0 fully saturated rings. The molecule has 0 aliphatic rings. The van der Waals surface area contributed by atoms with E-state index >= 15 is 0 Å². The number of carbonyl (C=O) groups is 2. The molecular formula is C15H21NO7S. The summed E-state index contributed by atoms with van der Waals surface area (Å²) in [5, 5.41) is 2.44. The molecular weight excluding hydrogens is 338 g/mol. The number of nitrogens with one attached hydrogen (secondary N) is 1. The maximum atomic E-state index is 12.4. The largest absolute Gasteiger partial charge is 0.497 e. The zero-order valence-corrected chi connectivity index (χ0v) is 15.0. The van der Waals surface area contributed by atoms with E-state index in [2.05, 4.69) is 9.50 Å². The highest BCUT2D eigenvalue weighted by molar-refractivity contribution is 7.87. The Hall–Kier alpha value is -1.97. The Morgan fingerprint density at radius 3 is 2.25 bits per heavy atom. The smallest absolute Gasteiger partial charge is 0.298 e. The van der Waals surface area contributed by atoms with Gasteiger partial charge in [0, 0.05) is 13.2 Å². The van der Waals surface area contributed by atoms with Crippen LogP contribution in [0.15, 0.2) is 23.1 Å². The first-order valence-electron chi connectivity index (χ1n) is 7.00. The summed E-state index contributed by atoms with van der Waals surface area (Å²) in [6.45, 7) is 2.84. The predicted molar refractivity (Wildman–Crippen MR) is 86.5 cm³/mol. The van der Waals surface area contributed by atoms with Gasteiger partial charge >= 0.3 is 0 Å². The number of ether oxygens (including phenoxy) is 2. The average molecular weight is 359 g/mol. The van der Waals surface area contributed by atoms with Gasteiger partial charge < -0.3 is 14.8 Å². The zero-order valence-electron chi connectivity index (χ0n) is 14.2. The summed E-state index contributed by atoms with van der Waals surface area (Å²) in [5.41, 5.74) is -0.0165. The first-order chi connectivity index (χ1) is 11.2. The van der Waals surface area contributed by atoms with E-state index in [-0.39, 0.29) is 16.3 Å². The standard InChI is InChI=1S/C15H21NO7S/c1-9(17)14(10(2)21-3)15(18)16-12-7-6-11(22-4)8-13(12)24(19,20)23-5/h6-8,10,14H,1-5H3,(H,16,18). The summed E-state index contributed by atoms with van der Waals surface area (Å²) in [6, 6.07) is 4.06. The van der Waals surface area contributed by atoms with Crippen molar-refractivity contribution in [3.05, 3.63) is 18.2 Å². The molecule has 0 aliphatic heterocycles. The Morgan fingerprint density at radius 1 is 1.17 bits per heavy atom. The van der Waals surface area contributed by atoms with Crippen LogP contribution in [0.5, 0.6) is 5.75 Å². The van der Waals surface area contributed by atoms with Crippen molar-refractivity contribution in [2.75, 3.05) is 26.6 Å². The monoisotopic (exact) mass is 359 g/mol. The minimum absolute atomic E-state index is 0.0165. The fraction of sp³-hybridized carbons (Fsp3) is 0.467. The number of hydrogen-bond acceptors (Lipinski definition) is 7. The van der Waals surface area contributed by atoms with Gasteiger partial charge in [0.2, 0.25) is 5.91 Å². The number of carbonyl (C=O) groups excluding carboxylic acids is 2. The van der Waals surface area contributed by atoms with Crippen molar-refractivity contribution in [2.45, 2.75) is 24.8 Å². The first kappa shape index (κ1) is 20.1. The van der Waals surface area contributed by atoms with E-state index in [4.69, 9.17) is 9.47 Å². The predicted octanol–water partition coefficient (Wildman–Crippen LogP) is 1.21. The van der Waals surface area contributed by atoms with Crippen molar-refractivity contribution in [3.63, 3.8) is 0 Å². The summed E-state index contributed by atoms with van der Waals surface area (Å²) in [7, 11) is -0.329. The fourth-order valence-electron chi connectivity index (χ4n) is 2.10. The van der Waals surface area contributed by atoms with Gasteiger partial charge in [-0.15, -0.1) is 0 Å². The van der Waals surface area contributed by atoms with Crippen LogP contribution in [0, 0.1) is 5.92 Å². The number of methoxy groups -OCH3 is 2. The van der Waals surface area contributed by atoms with Crippen LogP contribution in [0.25, 0.3) is 0 Å². The molecule has 2 unspecified atom stereocenters. The average Bonchev–Trinajstić information content (AvgIpc) is 2.54. The number of Topliss-reactive ketones (excluding diaryl/α,β-unsaturated/α-hetero) is 1. The summed E-state index contributed by atoms with van der Waals surface area (Å²) in [6.07, 6.45) is -0.664. The maximum absolute atomic E-state index is 12.4. The van der Waals surface area contributed by atoms with Gasteiger partial charge in [-0.3, -0.25) is 13.8 Å². The Kier molecular flexibility index (Phi) is 6.88. The second kappa shape index (κ2) is 8.22. The van der Waals surface area contributed by atoms with Crippen LogP contribution in [0.4, 0.5) is 5.69 Å². The molecule has 0 saturated heterocycles. The van der Waals surface area contributed by atoms with E-state index in [9.17, 15) is 18.0 Å². The molecule has 0 spiro atoms. The number of ketones is 1. The SMILES string of the molecule is COc1ccc(NC(=O)C(C(C)=O)C(C)OC)c(S(=O)(=O)OC)c1. The molecule has 0 heterocycles. The number of amides is 1. The lowest BCUT2D eigenvalue weighted by Gasteiger charge is -2.20. The van der Waals surface area contributed by atoms with E-state index in [0.717, 1.165) is 7.11 Å². The normalized spacial score (nSPS) is 13.9. The molecule has 0 radical (unpaired) electrons. The van der Waals surface area contributed by atoms with Gasteiger partial charge in [-0.05, 0) is 26.0 Å². The Bertz CT molecular complexity index is 715. The molecule has 1 rings (SSSR count). The van der Waals surface area contributed by atoms with Crippen molar-refractivity contribution in [2.24, 2.45) is 5.92 Å². The van der Waals surface area contributed by atoms with Gasteiger partial charge in [-0.25, -0.2) is 0 Å². The zero-order chi connectivity index (χ0) is 18.5. The molecule has 1 N–H and O–H groups in total. The topological polar surface area (TPSA) is 108 Å². The quantitative estimate of drug-likeness (QED) is 0.549. The number of hydrogen-bond donors (Lipinski definition) is 1. The van der Waals surface area contributed by atoms with E-state index in [1.807, 2.05) is 0 Å². The van der Waals surface area contributed by atoms with Gasteiger partial charge in [-0.1, -0.05) is 0 Å². The third kappa shape index (κ3) is 4.53. The highest BCUT2D eigenvalue weighted by atomic mass is 32.2. The summed E-state index contributed by atoms with van der Waals surface area (Å²) >= 11 is 0. The number of rotatable bonds is 8. The molecule has 8 nitrogen and oxygen atoms in total. The van der Waals surface area contributed by atoms with Crippen LogP contribution < -0.4 is 10.1 Å². The second-order valence-electron chi connectivity index (χ2n) is 5.00. The molecule has 0 aromatic heterocycles. The maximum Gasteiger partial charge on any atom is 0.298 e. The lowest BCUT2D eigenvalue weighted by Crippen LogP contribution is -2.37. The third-order valence-corrected chi connectivity index (χ3v) is 4.81. The summed E-state index contributed by atoms with van der Waals surface area (Å²) in [4.78, 5) is 23.8. The lowest BCUT2D eigenvalue weighted by atomic mass is 9.98. The first-order valence-corrected chi connectivity index (χ1v) is 8.41. The molecule has 134 valence electrons. The molecule has 1 aromatic rings. The van der Waals surface area contributed by atoms with Gasteiger partial charge in [-0.2, -0.15) is 8.42 Å². The minimum Gasteiger partial charge on any atom is -0.497 e. The van der Waals surface area contributed by atoms with Gasteiger partial charge in [0.15, 0.2) is 0 Å². The van der Waals surface area contributed by atoms with Crippen LogP contribution in [0.3, 0.4) is 0 Å². The van der Waals surface area contributed by atoms with Crippen LogP contribution in [-0.2, 0) is 28.6 Å². The molecule has 1 aromatic carbocycles. The van der Waals surface area contributed by atoms with Gasteiger partial charge in [0.1, 0.15) is 22.3 Å². The van der Waals surface area contributed by atoms with Crippen molar-refractivity contribution in [1.82, 2.24) is 0 Å². The Balaban J connectivity index is 3.27. The number of benzene rings is 1. The van der Waals surface area contributed by atoms with Crippen LogP contribution >= 0.6 is 0 Å². The molecule has 9 heteroatoms. The van der Waals surface area contributed by atoms with Crippen LogP contribution in [-0.4, -0.2) is 47.5 Å². The fourth-order valence-corrected chi connectivity index (χ4v) is 2.93. The third-order valence-electron chi connectivity index (χ3n) is 3.50. The van der Waals surface area contributed by atoms with E-state index < -0.39 is 33.8 Å². The van der Waals surface area contributed by atoms with Gasteiger partial charge in [0.25, 0.3) is 10.1 Å². The summed E-state index contributed by atoms with van der Waals surface area (Å²) < 4.78 is 38.6. The van der Waals surface area contributed by atoms with E-state index in [1.165, 1.54) is 39.3 Å². The van der Waals surface area contributed by atoms with E-state index in [0.29, 0.717) is 0 Å². The molecule has 24 heavy (non-hydrogen) atoms. The van der Waals surface area contributed by atoms with E-state index in [1.54, 1.807) is 6.92 Å². The second-order valence-corrected chi connectivity index (χ2v) is 6.68. The Labute approximate surface area is 141 Å². The number of anilines is 1. The van der Waals surface area contributed by atoms with Crippen molar-refractivity contribution in [1.29, 1.82) is 0 Å². The van der Waals surface area contributed by atoms with Gasteiger partial charge in [0.05, 0.1) is 26.0 Å². The summed E-state index contributed by atoms with van der Waals surface area (Å²) in [5.74, 6) is -1.87. The van der Waals surface area contributed by atoms with Crippen LogP contribution in [0.2, 0.25) is 0 Å². The van der Waals surface area contributed by atoms with Crippen LogP contribution in [0.1, 0.15) is 13.8 Å². The molecule has 2 atom stereocenters. The highest BCUT2D eigenvalue weighted by Crippen LogP contribution is 2.28. The highest BCUT2D eigenvalue weighted by Gasteiger charge is 2.31. The molecule has 0 aliphatic carbocycles. The minimum atomic E-state index is -4.09. The lowest BCUT2D eigenvalue weighted by molar-refractivity contribution is -0.134. The van der Waals surface area contributed by atoms with Crippen molar-refractivity contribution < 1.29 is 31.7 Å². The molecule has 1 amide bonds.